The summed E-state index contributed by atoms with van der Waals surface area (Å²) < 4.78 is 23.2. The summed E-state index contributed by atoms with van der Waals surface area (Å²) in [6.45, 7) is 0.0419. The molecule has 16 heavy (non-hydrogen) atoms. The van der Waals surface area contributed by atoms with Crippen LogP contribution >= 0.6 is 0 Å². The van der Waals surface area contributed by atoms with Crippen molar-refractivity contribution in [3.05, 3.63) is 29.1 Å². The number of methoxy groups -OCH3 is 2. The number of carbonyl (C=O) groups is 1. The Morgan fingerprint density at radius 2 is 2.12 bits per heavy atom. The molecule has 0 bridgehead atoms. The third kappa shape index (κ3) is 2.56. The van der Waals surface area contributed by atoms with Gasteiger partial charge in [-0.1, -0.05) is 0 Å². The van der Waals surface area contributed by atoms with Gasteiger partial charge in [-0.3, -0.25) is 4.79 Å². The molecule has 4 nitrogen and oxygen atoms in total. The normalized spacial score (nSPS) is 10.2. The Bertz CT molecular complexity index is 393. The first-order valence-electron chi connectivity index (χ1n) is 4.72. The van der Waals surface area contributed by atoms with Crippen LogP contribution in [0.1, 0.15) is 15.9 Å². The molecule has 1 aromatic rings. The van der Waals surface area contributed by atoms with Crippen LogP contribution in [0.5, 0.6) is 5.75 Å². The Morgan fingerprint density at radius 1 is 1.44 bits per heavy atom. The van der Waals surface area contributed by atoms with Crippen LogP contribution in [0.3, 0.4) is 0 Å². The maximum Gasteiger partial charge on any atom is 0.176 e. The molecule has 0 aliphatic rings. The van der Waals surface area contributed by atoms with Gasteiger partial charge in [0, 0.05) is 12.7 Å². The van der Waals surface area contributed by atoms with E-state index in [1.165, 1.54) is 20.3 Å². The van der Waals surface area contributed by atoms with Gasteiger partial charge in [-0.15, -0.1) is 0 Å². The van der Waals surface area contributed by atoms with Crippen molar-refractivity contribution >= 4 is 5.78 Å². The number of ether oxygens (including phenoxy) is 2. The maximum absolute atomic E-state index is 13.4. The van der Waals surface area contributed by atoms with Crippen molar-refractivity contribution in [1.29, 1.82) is 0 Å². The molecule has 0 amide bonds. The summed E-state index contributed by atoms with van der Waals surface area (Å²) in [6.07, 6.45) is 0. The summed E-state index contributed by atoms with van der Waals surface area (Å²) in [5, 5.41) is 0. The van der Waals surface area contributed by atoms with Gasteiger partial charge in [-0.2, -0.15) is 0 Å². The molecular formula is C11H14FNO3. The summed E-state index contributed by atoms with van der Waals surface area (Å²) in [5.41, 5.74) is 6.05. The first-order valence-corrected chi connectivity index (χ1v) is 4.72. The van der Waals surface area contributed by atoms with Crippen LogP contribution in [0.2, 0.25) is 0 Å². The Labute approximate surface area is 93.2 Å². The van der Waals surface area contributed by atoms with Crippen molar-refractivity contribution in [3.8, 4) is 5.75 Å². The van der Waals surface area contributed by atoms with E-state index < -0.39 is 5.82 Å². The molecule has 2 N–H and O–H groups in total. The minimum Gasteiger partial charge on any atom is -0.494 e. The van der Waals surface area contributed by atoms with Gasteiger partial charge < -0.3 is 15.2 Å². The zero-order chi connectivity index (χ0) is 12.1. The number of ketones is 1. The molecule has 0 spiro atoms. The summed E-state index contributed by atoms with van der Waals surface area (Å²) in [4.78, 5) is 11.5. The second-order valence-electron chi connectivity index (χ2n) is 3.20. The molecule has 0 atom stereocenters. The molecule has 0 unspecified atom stereocenters. The Balaban J connectivity index is 3.24. The Kier molecular flexibility index (Phi) is 4.39. The quantitative estimate of drug-likeness (QED) is 0.766. The fourth-order valence-corrected chi connectivity index (χ4v) is 1.40. The molecular weight excluding hydrogens is 213 g/mol. The van der Waals surface area contributed by atoms with E-state index in [1.54, 1.807) is 0 Å². The summed E-state index contributed by atoms with van der Waals surface area (Å²) in [6, 6.07) is 2.57. The average Bonchev–Trinajstić information content (AvgIpc) is 2.30. The van der Waals surface area contributed by atoms with E-state index in [0.717, 1.165) is 6.07 Å². The molecule has 0 radical (unpaired) electrons. The lowest BCUT2D eigenvalue weighted by Crippen LogP contribution is -2.16. The zero-order valence-electron chi connectivity index (χ0n) is 9.25. The second kappa shape index (κ2) is 5.58. The molecule has 0 saturated heterocycles. The number of Topliss-reactive ketones (excluding diaryl/α,β-unsaturated/α-hetero) is 1. The highest BCUT2D eigenvalue weighted by Crippen LogP contribution is 2.23. The van der Waals surface area contributed by atoms with E-state index in [2.05, 4.69) is 0 Å². The number of carbonyl (C=O) groups excluding carboxylic acids is 1. The molecule has 0 aliphatic carbocycles. The lowest BCUT2D eigenvalue weighted by Gasteiger charge is -2.10. The van der Waals surface area contributed by atoms with Gasteiger partial charge >= 0.3 is 0 Å². The minimum atomic E-state index is -0.584. The summed E-state index contributed by atoms with van der Waals surface area (Å²) in [5.74, 6) is -0.826. The first kappa shape index (κ1) is 12.6. The predicted molar refractivity (Wildman–Crippen MR) is 57.0 cm³/mol. The highest BCUT2D eigenvalue weighted by molar-refractivity contribution is 5.99. The molecule has 1 aromatic carbocycles. The number of hydrogen-bond acceptors (Lipinski definition) is 4. The first-order chi connectivity index (χ1) is 7.63. The van der Waals surface area contributed by atoms with Crippen molar-refractivity contribution < 1.29 is 18.7 Å². The minimum absolute atomic E-state index is 0.0839. The highest BCUT2D eigenvalue weighted by atomic mass is 19.1. The molecule has 5 heteroatoms. The topological polar surface area (TPSA) is 61.5 Å². The number of nitrogens with two attached hydrogens (primary N) is 1. The van der Waals surface area contributed by atoms with E-state index in [4.69, 9.17) is 15.2 Å². The van der Waals surface area contributed by atoms with Crippen LogP contribution in [0, 0.1) is 5.82 Å². The summed E-state index contributed by atoms with van der Waals surface area (Å²) >= 11 is 0. The van der Waals surface area contributed by atoms with E-state index in [1.807, 2.05) is 0 Å². The number of rotatable bonds is 5. The fourth-order valence-electron chi connectivity index (χ4n) is 1.40. The zero-order valence-corrected chi connectivity index (χ0v) is 9.25. The van der Waals surface area contributed by atoms with Gasteiger partial charge in [-0.25, -0.2) is 4.39 Å². The van der Waals surface area contributed by atoms with Crippen LogP contribution in [-0.4, -0.2) is 26.5 Å². The maximum atomic E-state index is 13.4. The van der Waals surface area contributed by atoms with Gasteiger partial charge in [0.1, 0.15) is 0 Å². The molecule has 0 heterocycles. The van der Waals surface area contributed by atoms with E-state index in [0.29, 0.717) is 5.56 Å². The largest absolute Gasteiger partial charge is 0.494 e. The van der Waals surface area contributed by atoms with Gasteiger partial charge in [0.05, 0.1) is 20.3 Å². The van der Waals surface area contributed by atoms with Crippen LogP contribution in [0.25, 0.3) is 0 Å². The van der Waals surface area contributed by atoms with Crippen molar-refractivity contribution in [2.24, 2.45) is 5.73 Å². The van der Waals surface area contributed by atoms with Gasteiger partial charge in [0.2, 0.25) is 0 Å². The summed E-state index contributed by atoms with van der Waals surface area (Å²) in [7, 11) is 2.85. The van der Waals surface area contributed by atoms with E-state index in [-0.39, 0.29) is 30.2 Å². The third-order valence-electron chi connectivity index (χ3n) is 2.16. The lowest BCUT2D eigenvalue weighted by atomic mass is 10.0. The smallest absolute Gasteiger partial charge is 0.176 e. The Morgan fingerprint density at radius 3 is 2.62 bits per heavy atom. The molecule has 0 fully saturated rings. The van der Waals surface area contributed by atoms with Crippen LogP contribution < -0.4 is 10.5 Å². The predicted octanol–water partition coefficient (Wildman–Crippen LogP) is 1.12. The number of benzene rings is 1. The monoisotopic (exact) mass is 227 g/mol. The molecule has 0 saturated carbocycles. The van der Waals surface area contributed by atoms with E-state index >= 15 is 0 Å². The van der Waals surface area contributed by atoms with Gasteiger partial charge in [-0.05, 0) is 17.7 Å². The van der Waals surface area contributed by atoms with Crippen molar-refractivity contribution in [2.75, 3.05) is 20.8 Å². The fraction of sp³-hybridized carbons (Fsp3) is 0.364. The van der Waals surface area contributed by atoms with Gasteiger partial charge in [0.25, 0.3) is 0 Å². The molecule has 1 rings (SSSR count). The number of hydrogen-bond donors (Lipinski definition) is 1. The second-order valence-corrected chi connectivity index (χ2v) is 3.20. The molecule has 0 aromatic heterocycles. The van der Waals surface area contributed by atoms with Crippen LogP contribution in [0.4, 0.5) is 4.39 Å². The number of halogens is 1. The van der Waals surface area contributed by atoms with Crippen LogP contribution in [-0.2, 0) is 11.3 Å². The Hall–Kier alpha value is -1.46. The third-order valence-corrected chi connectivity index (χ3v) is 2.16. The van der Waals surface area contributed by atoms with Crippen molar-refractivity contribution in [3.63, 3.8) is 0 Å². The van der Waals surface area contributed by atoms with E-state index in [9.17, 15) is 9.18 Å². The SMILES string of the molecule is COCc1cc(OC)c(F)cc1C(=O)CN. The van der Waals surface area contributed by atoms with Crippen molar-refractivity contribution in [1.82, 2.24) is 0 Å². The highest BCUT2D eigenvalue weighted by Gasteiger charge is 2.15. The van der Waals surface area contributed by atoms with Gasteiger partial charge in [0.15, 0.2) is 17.3 Å². The lowest BCUT2D eigenvalue weighted by molar-refractivity contribution is 0.0996. The molecule has 0 aliphatic heterocycles. The van der Waals surface area contributed by atoms with Crippen LogP contribution in [0.15, 0.2) is 12.1 Å². The molecule has 88 valence electrons. The van der Waals surface area contributed by atoms with Crippen molar-refractivity contribution in [2.45, 2.75) is 6.61 Å². The average molecular weight is 227 g/mol. The standard InChI is InChI=1S/C11H14FNO3/c1-15-6-7-3-11(16-2)9(12)4-8(7)10(14)5-13/h3-4H,5-6,13H2,1-2H3.